The average Bonchev–Trinajstić information content (AvgIpc) is 2.79. The standard InChI is InChI=1S/C28H39FN2O3/c1-19(32)31-24(16-20-11-12-25(33)23(29)15-20)26(34)18-30-28(13-6-5-7-14-28)22-10-8-9-21(17-22)27(2,3)4/h8-12,15,17,24,26,30,33-34H,5-7,13-14,16,18H2,1-4H3,(H,31,32). The molecule has 1 fully saturated rings. The van der Waals surface area contributed by atoms with Gasteiger partial charge in [0.15, 0.2) is 11.6 Å². The lowest BCUT2D eigenvalue weighted by molar-refractivity contribution is -0.120. The summed E-state index contributed by atoms with van der Waals surface area (Å²) >= 11 is 0. The molecule has 0 spiro atoms. The second-order valence-corrected chi connectivity index (χ2v) is 10.7. The number of carbonyl (C=O) groups excluding carboxylic acids is 1. The fraction of sp³-hybridized carbons (Fsp3) is 0.536. The van der Waals surface area contributed by atoms with Crippen LogP contribution in [-0.4, -0.2) is 34.8 Å². The Morgan fingerprint density at radius 1 is 1.12 bits per heavy atom. The fourth-order valence-corrected chi connectivity index (χ4v) is 4.92. The third kappa shape index (κ3) is 6.57. The van der Waals surface area contributed by atoms with Gasteiger partial charge in [0.05, 0.1) is 12.1 Å². The molecule has 186 valence electrons. The zero-order valence-electron chi connectivity index (χ0n) is 20.8. The van der Waals surface area contributed by atoms with E-state index in [9.17, 15) is 19.4 Å². The summed E-state index contributed by atoms with van der Waals surface area (Å²) in [6.07, 6.45) is 4.79. The van der Waals surface area contributed by atoms with Crippen LogP contribution in [0.1, 0.15) is 76.5 Å². The van der Waals surface area contributed by atoms with Crippen molar-refractivity contribution in [2.24, 2.45) is 0 Å². The predicted molar refractivity (Wildman–Crippen MR) is 133 cm³/mol. The molecule has 0 aromatic heterocycles. The Morgan fingerprint density at radius 2 is 1.82 bits per heavy atom. The van der Waals surface area contributed by atoms with E-state index in [0.29, 0.717) is 12.1 Å². The van der Waals surface area contributed by atoms with Crippen molar-refractivity contribution in [3.05, 3.63) is 65.0 Å². The molecule has 1 aliphatic rings. The van der Waals surface area contributed by atoms with Gasteiger partial charge in [-0.2, -0.15) is 0 Å². The average molecular weight is 471 g/mol. The van der Waals surface area contributed by atoms with Gasteiger partial charge in [-0.1, -0.05) is 70.4 Å². The van der Waals surface area contributed by atoms with Crippen molar-refractivity contribution in [3.8, 4) is 5.75 Å². The van der Waals surface area contributed by atoms with E-state index in [2.05, 4.69) is 55.7 Å². The summed E-state index contributed by atoms with van der Waals surface area (Å²) in [7, 11) is 0. The third-order valence-corrected chi connectivity index (χ3v) is 6.96. The van der Waals surface area contributed by atoms with E-state index in [1.54, 1.807) is 6.07 Å². The number of amides is 1. The van der Waals surface area contributed by atoms with Crippen molar-refractivity contribution < 1.29 is 19.4 Å². The Hall–Kier alpha value is -2.44. The van der Waals surface area contributed by atoms with Crippen molar-refractivity contribution in [2.45, 2.75) is 89.3 Å². The first-order valence-corrected chi connectivity index (χ1v) is 12.3. The maximum Gasteiger partial charge on any atom is 0.217 e. The number of phenols is 1. The van der Waals surface area contributed by atoms with Gasteiger partial charge in [-0.3, -0.25) is 4.79 Å². The molecule has 0 aliphatic heterocycles. The van der Waals surface area contributed by atoms with Gasteiger partial charge in [-0.05, 0) is 53.5 Å². The Kier molecular flexibility index (Phi) is 8.37. The second kappa shape index (κ2) is 10.9. The molecule has 2 atom stereocenters. The lowest BCUT2D eigenvalue weighted by atomic mass is 9.74. The Bertz CT molecular complexity index is 980. The lowest BCUT2D eigenvalue weighted by Crippen LogP contribution is -2.53. The van der Waals surface area contributed by atoms with Gasteiger partial charge in [0.2, 0.25) is 5.91 Å². The number of hydrogen-bond donors (Lipinski definition) is 4. The maximum absolute atomic E-state index is 13.8. The molecule has 3 rings (SSSR count). The molecule has 1 amide bonds. The monoisotopic (exact) mass is 470 g/mol. The Balaban J connectivity index is 1.80. The van der Waals surface area contributed by atoms with Crippen molar-refractivity contribution in [3.63, 3.8) is 0 Å². The van der Waals surface area contributed by atoms with Gasteiger partial charge in [0.25, 0.3) is 0 Å². The molecule has 34 heavy (non-hydrogen) atoms. The number of aliphatic hydroxyl groups is 1. The van der Waals surface area contributed by atoms with E-state index in [4.69, 9.17) is 0 Å². The molecule has 5 nitrogen and oxygen atoms in total. The number of rotatable bonds is 8. The van der Waals surface area contributed by atoms with E-state index in [1.807, 2.05) is 0 Å². The van der Waals surface area contributed by atoms with Gasteiger partial charge in [0, 0.05) is 19.0 Å². The van der Waals surface area contributed by atoms with Gasteiger partial charge in [-0.25, -0.2) is 4.39 Å². The van der Waals surface area contributed by atoms with Crippen molar-refractivity contribution in [2.75, 3.05) is 6.54 Å². The molecular formula is C28H39FN2O3. The maximum atomic E-state index is 13.8. The minimum Gasteiger partial charge on any atom is -0.505 e. The summed E-state index contributed by atoms with van der Waals surface area (Å²) in [5, 5.41) is 27.1. The number of nitrogens with one attached hydrogen (secondary N) is 2. The largest absolute Gasteiger partial charge is 0.505 e. The van der Waals surface area contributed by atoms with Gasteiger partial charge >= 0.3 is 0 Å². The SMILES string of the molecule is CC(=O)NC(Cc1ccc(O)c(F)c1)C(O)CNC1(c2cccc(C(C)(C)C)c2)CCCCC1. The second-order valence-electron chi connectivity index (χ2n) is 10.7. The van der Waals surface area contributed by atoms with Crippen LogP contribution in [-0.2, 0) is 22.2 Å². The number of benzene rings is 2. The smallest absolute Gasteiger partial charge is 0.217 e. The molecule has 0 radical (unpaired) electrons. The van der Waals surface area contributed by atoms with Crippen LogP contribution in [0.3, 0.4) is 0 Å². The first-order valence-electron chi connectivity index (χ1n) is 12.3. The minimum absolute atomic E-state index is 0.0429. The summed E-state index contributed by atoms with van der Waals surface area (Å²) in [4.78, 5) is 11.8. The van der Waals surface area contributed by atoms with Gasteiger partial charge < -0.3 is 20.8 Å². The number of aliphatic hydroxyl groups excluding tert-OH is 1. The molecule has 0 saturated heterocycles. The number of halogens is 1. The van der Waals surface area contributed by atoms with Crippen LogP contribution in [0.5, 0.6) is 5.75 Å². The Morgan fingerprint density at radius 3 is 2.44 bits per heavy atom. The molecule has 6 heteroatoms. The van der Waals surface area contributed by atoms with Crippen LogP contribution < -0.4 is 10.6 Å². The molecule has 1 aliphatic carbocycles. The first kappa shape index (κ1) is 26.2. The highest BCUT2D eigenvalue weighted by atomic mass is 19.1. The number of aromatic hydroxyl groups is 1. The summed E-state index contributed by atoms with van der Waals surface area (Å²) in [5.41, 5.74) is 2.93. The molecule has 1 saturated carbocycles. The highest BCUT2D eigenvalue weighted by Crippen LogP contribution is 2.38. The fourth-order valence-electron chi connectivity index (χ4n) is 4.92. The first-order chi connectivity index (χ1) is 16.0. The normalized spacial score (nSPS) is 17.7. The molecule has 0 heterocycles. The topological polar surface area (TPSA) is 81.6 Å². The van der Waals surface area contributed by atoms with Crippen LogP contribution in [0.15, 0.2) is 42.5 Å². The van der Waals surface area contributed by atoms with Gasteiger partial charge in [-0.15, -0.1) is 0 Å². The van der Waals surface area contributed by atoms with E-state index < -0.39 is 23.7 Å². The highest BCUT2D eigenvalue weighted by molar-refractivity contribution is 5.73. The molecular weight excluding hydrogens is 431 g/mol. The van der Waals surface area contributed by atoms with Crippen LogP contribution in [0.25, 0.3) is 0 Å². The summed E-state index contributed by atoms with van der Waals surface area (Å²) < 4.78 is 13.8. The molecule has 2 aromatic carbocycles. The van der Waals surface area contributed by atoms with E-state index in [0.717, 1.165) is 25.7 Å². The molecule has 0 bridgehead atoms. The minimum atomic E-state index is -0.870. The molecule has 2 unspecified atom stereocenters. The zero-order valence-corrected chi connectivity index (χ0v) is 20.8. The quantitative estimate of drug-likeness (QED) is 0.451. The van der Waals surface area contributed by atoms with E-state index in [1.165, 1.54) is 36.6 Å². The Labute approximate surface area is 202 Å². The van der Waals surface area contributed by atoms with Crippen LogP contribution >= 0.6 is 0 Å². The zero-order chi connectivity index (χ0) is 24.9. The molecule has 4 N–H and O–H groups in total. The summed E-state index contributed by atoms with van der Waals surface area (Å²) in [5.74, 6) is -1.39. The lowest BCUT2D eigenvalue weighted by Gasteiger charge is -2.41. The number of phenolic OH excluding ortho intramolecular Hbond substituents is 1. The van der Waals surface area contributed by atoms with Crippen molar-refractivity contribution in [1.82, 2.24) is 10.6 Å². The van der Waals surface area contributed by atoms with Crippen LogP contribution in [0.2, 0.25) is 0 Å². The van der Waals surface area contributed by atoms with E-state index in [-0.39, 0.29) is 23.3 Å². The van der Waals surface area contributed by atoms with Crippen LogP contribution in [0, 0.1) is 5.82 Å². The van der Waals surface area contributed by atoms with E-state index >= 15 is 0 Å². The number of carbonyl (C=O) groups is 1. The van der Waals surface area contributed by atoms with Crippen molar-refractivity contribution in [1.29, 1.82) is 0 Å². The van der Waals surface area contributed by atoms with Crippen LogP contribution in [0.4, 0.5) is 4.39 Å². The van der Waals surface area contributed by atoms with Gasteiger partial charge in [0.1, 0.15) is 0 Å². The highest BCUT2D eigenvalue weighted by Gasteiger charge is 2.35. The third-order valence-electron chi connectivity index (χ3n) is 6.96. The van der Waals surface area contributed by atoms with Crippen molar-refractivity contribution >= 4 is 5.91 Å². The molecule has 2 aromatic rings. The summed E-state index contributed by atoms with van der Waals surface area (Å²) in [6, 6.07) is 12.3. The number of hydrogen-bond acceptors (Lipinski definition) is 4. The summed E-state index contributed by atoms with van der Waals surface area (Å²) in [6.45, 7) is 8.33. The predicted octanol–water partition coefficient (Wildman–Crippen LogP) is 4.69.